The van der Waals surface area contributed by atoms with Crippen LogP contribution in [0.25, 0.3) is 0 Å². The van der Waals surface area contributed by atoms with Crippen molar-refractivity contribution in [3.05, 3.63) is 47.5 Å². The summed E-state index contributed by atoms with van der Waals surface area (Å²) in [5, 5.41) is 3.34. The van der Waals surface area contributed by atoms with Crippen molar-refractivity contribution in [1.82, 2.24) is 10.2 Å². The Bertz CT molecular complexity index is 364. The highest BCUT2D eigenvalue weighted by molar-refractivity contribution is 5.40. The topological polar surface area (TPSA) is 15.3 Å². The van der Waals surface area contributed by atoms with Crippen LogP contribution < -0.4 is 5.32 Å². The molecule has 0 unspecified atom stereocenters. The van der Waals surface area contributed by atoms with Gasteiger partial charge in [0.05, 0.1) is 5.82 Å². The van der Waals surface area contributed by atoms with Gasteiger partial charge in [0.25, 0.3) is 0 Å². The van der Waals surface area contributed by atoms with Gasteiger partial charge in [-0.1, -0.05) is 30.4 Å². The molecular weight excluding hydrogens is 172 g/mol. The second-order valence-corrected chi connectivity index (χ2v) is 3.93. The zero-order valence-corrected chi connectivity index (χ0v) is 8.80. The zero-order valence-electron chi connectivity index (χ0n) is 8.80. The Morgan fingerprint density at radius 2 is 2.36 bits per heavy atom. The number of hydrogen-bond acceptors (Lipinski definition) is 2. The van der Waals surface area contributed by atoms with Crippen LogP contribution >= 0.6 is 0 Å². The summed E-state index contributed by atoms with van der Waals surface area (Å²) >= 11 is 0. The lowest BCUT2D eigenvalue weighted by atomic mass is 10.1. The first-order valence-corrected chi connectivity index (χ1v) is 4.91. The van der Waals surface area contributed by atoms with E-state index in [0.717, 1.165) is 18.8 Å². The third kappa shape index (κ3) is 1.60. The minimum Gasteiger partial charge on any atom is -0.357 e. The molecule has 0 amide bonds. The lowest BCUT2D eigenvalue weighted by molar-refractivity contribution is 0.407. The average Bonchev–Trinajstić information content (AvgIpc) is 2.28. The van der Waals surface area contributed by atoms with E-state index in [-0.39, 0.29) is 1.43 Å². The summed E-state index contributed by atoms with van der Waals surface area (Å²) in [6.07, 6.45) is 7.59. The molecule has 0 radical (unpaired) electrons. The van der Waals surface area contributed by atoms with Crippen molar-refractivity contribution >= 4 is 0 Å². The summed E-state index contributed by atoms with van der Waals surface area (Å²) in [4.78, 5) is 2.13. The minimum absolute atomic E-state index is 0. The first-order chi connectivity index (χ1) is 6.66. The van der Waals surface area contributed by atoms with Gasteiger partial charge in [-0.05, 0) is 12.5 Å². The third-order valence-corrected chi connectivity index (χ3v) is 2.66. The molecule has 1 heterocycles. The molecular formula is C12H18N2. The van der Waals surface area contributed by atoms with Crippen molar-refractivity contribution < 1.29 is 1.43 Å². The fraction of sp³-hybridized carbons (Fsp3) is 0.333. The van der Waals surface area contributed by atoms with Crippen molar-refractivity contribution in [1.29, 1.82) is 0 Å². The van der Waals surface area contributed by atoms with Crippen LogP contribution in [-0.2, 0) is 0 Å². The zero-order chi connectivity index (χ0) is 10.1. The van der Waals surface area contributed by atoms with E-state index in [1.165, 1.54) is 16.8 Å². The smallest absolute Gasteiger partial charge is 0.0981 e. The van der Waals surface area contributed by atoms with Gasteiger partial charge < -0.3 is 10.2 Å². The molecule has 2 aliphatic rings. The highest BCUT2D eigenvalue weighted by Gasteiger charge is 2.16. The number of likely N-dealkylation sites (N-methyl/N-ethyl adjacent to an activating group) is 1. The molecule has 2 nitrogen and oxygen atoms in total. The summed E-state index contributed by atoms with van der Waals surface area (Å²) in [5.74, 6) is 0.991. The van der Waals surface area contributed by atoms with E-state index in [4.69, 9.17) is 0 Å². The van der Waals surface area contributed by atoms with Crippen LogP contribution in [0.3, 0.4) is 0 Å². The molecule has 1 aliphatic heterocycles. The summed E-state index contributed by atoms with van der Waals surface area (Å²) in [6, 6.07) is 0. The fourth-order valence-electron chi connectivity index (χ4n) is 1.80. The molecule has 0 aromatic heterocycles. The van der Waals surface area contributed by atoms with Gasteiger partial charge in [-0.3, -0.25) is 0 Å². The number of rotatable bonds is 0. The van der Waals surface area contributed by atoms with Crippen molar-refractivity contribution in [2.24, 2.45) is 0 Å². The van der Waals surface area contributed by atoms with Crippen LogP contribution in [0.5, 0.6) is 0 Å². The largest absolute Gasteiger partial charge is 0.357 e. The standard InChI is InChI=1S/C12H16N2.H2/c1-9-5-4-6-12-11(7-9)8-14(3)10(2)13-12;/h4-5,7,13H,2,6,8H2,1,3H3;1H. The average molecular weight is 190 g/mol. The molecule has 1 N–H and O–H groups in total. The van der Waals surface area contributed by atoms with Crippen molar-refractivity contribution in [3.63, 3.8) is 0 Å². The van der Waals surface area contributed by atoms with Gasteiger partial charge in [0, 0.05) is 27.1 Å². The molecule has 0 saturated carbocycles. The molecule has 2 rings (SSSR count). The molecule has 0 atom stereocenters. The predicted octanol–water partition coefficient (Wildman–Crippen LogP) is 2.40. The molecule has 1 aliphatic carbocycles. The molecule has 14 heavy (non-hydrogen) atoms. The lowest BCUT2D eigenvalue weighted by Crippen LogP contribution is -2.35. The van der Waals surface area contributed by atoms with Crippen LogP contribution in [0.1, 0.15) is 14.8 Å². The molecule has 0 spiro atoms. The summed E-state index contributed by atoms with van der Waals surface area (Å²) < 4.78 is 0. The second kappa shape index (κ2) is 3.37. The summed E-state index contributed by atoms with van der Waals surface area (Å²) in [6.45, 7) is 7.07. The van der Waals surface area contributed by atoms with E-state index in [0.29, 0.717) is 0 Å². The Hall–Kier alpha value is -1.44. The maximum Gasteiger partial charge on any atom is 0.0981 e. The number of nitrogens with one attached hydrogen (secondary N) is 1. The van der Waals surface area contributed by atoms with Gasteiger partial charge in [-0.25, -0.2) is 0 Å². The summed E-state index contributed by atoms with van der Waals surface area (Å²) in [7, 11) is 2.06. The van der Waals surface area contributed by atoms with Gasteiger partial charge in [-0.2, -0.15) is 0 Å². The lowest BCUT2D eigenvalue weighted by Gasteiger charge is -2.30. The number of allylic oxidation sites excluding steroid dienone is 3. The van der Waals surface area contributed by atoms with Crippen LogP contribution in [0.4, 0.5) is 0 Å². The molecule has 2 heteroatoms. The maximum absolute atomic E-state index is 3.97. The maximum atomic E-state index is 3.97. The Morgan fingerprint density at radius 1 is 1.57 bits per heavy atom. The van der Waals surface area contributed by atoms with Crippen molar-refractivity contribution in [2.75, 3.05) is 13.6 Å². The van der Waals surface area contributed by atoms with Crippen LogP contribution in [0.15, 0.2) is 47.5 Å². The van der Waals surface area contributed by atoms with Crippen LogP contribution in [0.2, 0.25) is 0 Å². The SMILES string of the molecule is C=C1NC2=C(C=C(C)C=CC2)CN1C.[HH]. The highest BCUT2D eigenvalue weighted by Crippen LogP contribution is 2.22. The van der Waals surface area contributed by atoms with E-state index < -0.39 is 0 Å². The van der Waals surface area contributed by atoms with E-state index >= 15 is 0 Å². The van der Waals surface area contributed by atoms with Crippen LogP contribution in [-0.4, -0.2) is 18.5 Å². The van der Waals surface area contributed by atoms with Gasteiger partial charge in [0.2, 0.25) is 0 Å². The summed E-state index contributed by atoms with van der Waals surface area (Å²) in [5.41, 5.74) is 3.99. The van der Waals surface area contributed by atoms with E-state index in [1.807, 2.05) is 0 Å². The second-order valence-electron chi connectivity index (χ2n) is 3.93. The number of hydrogen-bond donors (Lipinski definition) is 1. The molecule has 0 saturated heterocycles. The van der Waals surface area contributed by atoms with Gasteiger partial charge in [-0.15, -0.1) is 0 Å². The van der Waals surface area contributed by atoms with Gasteiger partial charge in [0.1, 0.15) is 0 Å². The monoisotopic (exact) mass is 190 g/mol. The van der Waals surface area contributed by atoms with E-state index in [9.17, 15) is 0 Å². The van der Waals surface area contributed by atoms with E-state index in [1.54, 1.807) is 0 Å². The Morgan fingerprint density at radius 3 is 3.14 bits per heavy atom. The highest BCUT2D eigenvalue weighted by atomic mass is 15.2. The van der Waals surface area contributed by atoms with Gasteiger partial charge in [0.15, 0.2) is 0 Å². The fourth-order valence-corrected chi connectivity index (χ4v) is 1.80. The van der Waals surface area contributed by atoms with Gasteiger partial charge >= 0.3 is 0 Å². The Balaban J connectivity index is 0.00000112. The normalized spacial score (nSPS) is 21.4. The molecule has 0 aromatic rings. The Kier molecular flexibility index (Phi) is 2.20. The predicted molar refractivity (Wildman–Crippen MR) is 61.6 cm³/mol. The molecule has 76 valence electrons. The number of nitrogens with zero attached hydrogens (tertiary/aromatic N) is 1. The quantitative estimate of drug-likeness (QED) is 0.631. The first-order valence-electron chi connectivity index (χ1n) is 4.91. The third-order valence-electron chi connectivity index (χ3n) is 2.66. The minimum atomic E-state index is 0. The Labute approximate surface area is 86.8 Å². The van der Waals surface area contributed by atoms with Crippen molar-refractivity contribution in [3.8, 4) is 0 Å². The molecule has 0 fully saturated rings. The molecule has 0 bridgehead atoms. The van der Waals surface area contributed by atoms with Crippen molar-refractivity contribution in [2.45, 2.75) is 13.3 Å². The van der Waals surface area contributed by atoms with Crippen LogP contribution in [0, 0.1) is 0 Å². The molecule has 0 aromatic carbocycles. The first kappa shape index (κ1) is 9.13. The van der Waals surface area contributed by atoms with E-state index in [2.05, 4.69) is 49.0 Å².